The minimum Gasteiger partial charge on any atom is -0.373 e. The number of halogens is 1. The van der Waals surface area contributed by atoms with Crippen molar-refractivity contribution in [2.75, 3.05) is 0 Å². The monoisotopic (exact) mass is 284 g/mol. The molecule has 0 N–H and O–H groups in total. The molecule has 1 aromatic heterocycles. The molecule has 0 saturated heterocycles. The van der Waals surface area contributed by atoms with Crippen molar-refractivity contribution >= 4 is 37.4 Å². The molecule has 2 aromatic rings. The van der Waals surface area contributed by atoms with Gasteiger partial charge in [-0.05, 0) is 47.3 Å². The van der Waals surface area contributed by atoms with Crippen molar-refractivity contribution in [3.63, 3.8) is 0 Å². The zero-order valence-electron chi connectivity index (χ0n) is 8.79. The quantitative estimate of drug-likeness (QED) is 0.801. The molecule has 80 valence electrons. The van der Waals surface area contributed by atoms with Crippen LogP contribution in [0.2, 0.25) is 0 Å². The van der Waals surface area contributed by atoms with Crippen LogP contribution in [-0.4, -0.2) is 6.10 Å². The maximum atomic E-state index is 5.59. The third kappa shape index (κ3) is 2.60. The first-order chi connectivity index (χ1) is 7.16. The highest BCUT2D eigenvalue weighted by Gasteiger charge is 2.05. The Bertz CT molecular complexity index is 462. The second-order valence-corrected chi connectivity index (χ2v) is 5.72. The zero-order chi connectivity index (χ0) is 10.8. The summed E-state index contributed by atoms with van der Waals surface area (Å²) < 4.78 is 8.07. The minimum atomic E-state index is 0.290. The lowest BCUT2D eigenvalue weighted by atomic mass is 10.2. The topological polar surface area (TPSA) is 9.23 Å². The number of benzene rings is 1. The van der Waals surface area contributed by atoms with Gasteiger partial charge < -0.3 is 4.74 Å². The fourth-order valence-electron chi connectivity index (χ4n) is 1.40. The molecular weight excluding hydrogens is 272 g/mol. The number of thiophene rings is 1. The molecule has 1 heterocycles. The van der Waals surface area contributed by atoms with E-state index in [-0.39, 0.29) is 0 Å². The average Bonchev–Trinajstić information content (AvgIpc) is 2.59. The summed E-state index contributed by atoms with van der Waals surface area (Å²) in [6.07, 6.45) is 0.290. The van der Waals surface area contributed by atoms with Crippen LogP contribution in [0.15, 0.2) is 28.7 Å². The molecule has 0 aliphatic carbocycles. The molecule has 15 heavy (non-hydrogen) atoms. The van der Waals surface area contributed by atoms with Crippen LogP contribution in [0.4, 0.5) is 0 Å². The van der Waals surface area contributed by atoms with E-state index in [1.165, 1.54) is 19.4 Å². The highest BCUT2D eigenvalue weighted by Crippen LogP contribution is 2.32. The maximum absolute atomic E-state index is 5.59. The van der Waals surface area contributed by atoms with Gasteiger partial charge in [0, 0.05) is 14.0 Å². The molecule has 0 unspecified atom stereocenters. The van der Waals surface area contributed by atoms with E-state index in [9.17, 15) is 0 Å². The van der Waals surface area contributed by atoms with E-state index in [1.807, 2.05) is 0 Å². The van der Waals surface area contributed by atoms with Gasteiger partial charge in [0.2, 0.25) is 0 Å². The molecule has 0 aliphatic heterocycles. The Kier molecular flexibility index (Phi) is 3.44. The molecule has 0 saturated carbocycles. The van der Waals surface area contributed by atoms with Crippen molar-refractivity contribution in [1.82, 2.24) is 0 Å². The summed E-state index contributed by atoms with van der Waals surface area (Å²) in [4.78, 5) is 1.28. The summed E-state index contributed by atoms with van der Waals surface area (Å²) in [5.74, 6) is 0. The summed E-state index contributed by atoms with van der Waals surface area (Å²) in [5.41, 5.74) is 0. The van der Waals surface area contributed by atoms with Gasteiger partial charge in [0.15, 0.2) is 0 Å². The van der Waals surface area contributed by atoms with E-state index < -0.39 is 0 Å². The van der Waals surface area contributed by atoms with Gasteiger partial charge in [0.1, 0.15) is 0 Å². The average molecular weight is 285 g/mol. The fraction of sp³-hybridized carbons (Fsp3) is 0.333. The molecule has 0 amide bonds. The van der Waals surface area contributed by atoms with Crippen molar-refractivity contribution in [3.8, 4) is 0 Å². The van der Waals surface area contributed by atoms with Gasteiger partial charge in [-0.2, -0.15) is 0 Å². The summed E-state index contributed by atoms with van der Waals surface area (Å²) in [6, 6.07) is 8.47. The third-order valence-electron chi connectivity index (χ3n) is 2.11. The standard InChI is InChI=1S/C12H13BrOS/c1-8(2)14-7-10-6-9-4-3-5-11(13)12(9)15-10/h3-6,8H,7H2,1-2H3. The van der Waals surface area contributed by atoms with Crippen LogP contribution in [0, 0.1) is 0 Å². The van der Waals surface area contributed by atoms with Crippen LogP contribution in [-0.2, 0) is 11.3 Å². The van der Waals surface area contributed by atoms with E-state index in [4.69, 9.17) is 4.74 Å². The largest absolute Gasteiger partial charge is 0.373 e. The van der Waals surface area contributed by atoms with Gasteiger partial charge in [-0.25, -0.2) is 0 Å². The van der Waals surface area contributed by atoms with Crippen molar-refractivity contribution in [1.29, 1.82) is 0 Å². The summed E-state index contributed by atoms with van der Waals surface area (Å²) in [6.45, 7) is 4.83. The number of fused-ring (bicyclic) bond motifs is 1. The lowest BCUT2D eigenvalue weighted by molar-refractivity contribution is 0.0675. The van der Waals surface area contributed by atoms with E-state index in [2.05, 4.69) is 54.0 Å². The molecule has 0 fully saturated rings. The Labute approximate surface area is 102 Å². The molecule has 0 spiro atoms. The van der Waals surface area contributed by atoms with Gasteiger partial charge in [-0.3, -0.25) is 0 Å². The smallest absolute Gasteiger partial charge is 0.0813 e. The van der Waals surface area contributed by atoms with Gasteiger partial charge in [0.25, 0.3) is 0 Å². The Morgan fingerprint density at radius 2 is 2.20 bits per heavy atom. The molecule has 2 rings (SSSR count). The zero-order valence-corrected chi connectivity index (χ0v) is 11.2. The molecule has 0 radical (unpaired) electrons. The van der Waals surface area contributed by atoms with E-state index >= 15 is 0 Å². The highest BCUT2D eigenvalue weighted by molar-refractivity contribution is 9.10. The number of hydrogen-bond donors (Lipinski definition) is 0. The van der Waals surface area contributed by atoms with E-state index in [1.54, 1.807) is 11.3 Å². The predicted molar refractivity (Wildman–Crippen MR) is 69.5 cm³/mol. The summed E-state index contributed by atoms with van der Waals surface area (Å²) >= 11 is 5.35. The predicted octanol–water partition coefficient (Wildman–Crippen LogP) is 4.59. The van der Waals surface area contributed by atoms with Crippen molar-refractivity contribution in [2.45, 2.75) is 26.6 Å². The van der Waals surface area contributed by atoms with Gasteiger partial charge >= 0.3 is 0 Å². The minimum absolute atomic E-state index is 0.290. The molecule has 0 aliphatic rings. The molecule has 0 bridgehead atoms. The van der Waals surface area contributed by atoms with Crippen molar-refractivity contribution in [2.24, 2.45) is 0 Å². The Morgan fingerprint density at radius 3 is 2.87 bits per heavy atom. The molecule has 3 heteroatoms. The Morgan fingerprint density at radius 1 is 1.40 bits per heavy atom. The SMILES string of the molecule is CC(C)OCc1cc2cccc(Br)c2s1. The first-order valence-electron chi connectivity index (χ1n) is 4.95. The van der Waals surface area contributed by atoms with Crippen LogP contribution in [0.3, 0.4) is 0 Å². The highest BCUT2D eigenvalue weighted by atomic mass is 79.9. The first-order valence-corrected chi connectivity index (χ1v) is 6.56. The van der Waals surface area contributed by atoms with Crippen molar-refractivity contribution < 1.29 is 4.74 Å². The second-order valence-electron chi connectivity index (χ2n) is 3.73. The second kappa shape index (κ2) is 4.64. The molecule has 1 aromatic carbocycles. The van der Waals surface area contributed by atoms with Gasteiger partial charge in [-0.15, -0.1) is 11.3 Å². The van der Waals surface area contributed by atoms with Crippen LogP contribution < -0.4 is 0 Å². The van der Waals surface area contributed by atoms with Crippen LogP contribution in [0.5, 0.6) is 0 Å². The Hall–Kier alpha value is -0.380. The third-order valence-corrected chi connectivity index (χ3v) is 4.19. The lowest BCUT2D eigenvalue weighted by Gasteiger charge is -2.04. The van der Waals surface area contributed by atoms with Gasteiger partial charge in [-0.1, -0.05) is 12.1 Å². The van der Waals surface area contributed by atoms with Crippen molar-refractivity contribution in [3.05, 3.63) is 33.6 Å². The molecule has 0 atom stereocenters. The summed E-state index contributed by atoms with van der Waals surface area (Å²) in [5, 5.41) is 1.29. The number of hydrogen-bond acceptors (Lipinski definition) is 2. The van der Waals surface area contributed by atoms with Crippen LogP contribution in [0.1, 0.15) is 18.7 Å². The van der Waals surface area contributed by atoms with Crippen LogP contribution >= 0.6 is 27.3 Å². The summed E-state index contributed by atoms with van der Waals surface area (Å²) in [7, 11) is 0. The number of rotatable bonds is 3. The normalized spacial score (nSPS) is 11.5. The van der Waals surface area contributed by atoms with E-state index in [0.717, 1.165) is 0 Å². The van der Waals surface area contributed by atoms with Gasteiger partial charge in [0.05, 0.1) is 12.7 Å². The Balaban J connectivity index is 2.27. The fourth-order valence-corrected chi connectivity index (χ4v) is 3.01. The lowest BCUT2D eigenvalue weighted by Crippen LogP contribution is -2.00. The number of ether oxygens (including phenoxy) is 1. The molecular formula is C12H13BrOS. The van der Waals surface area contributed by atoms with Crippen LogP contribution in [0.25, 0.3) is 10.1 Å². The van der Waals surface area contributed by atoms with E-state index in [0.29, 0.717) is 12.7 Å². The maximum Gasteiger partial charge on any atom is 0.0813 e. The first kappa shape index (κ1) is 11.1. The molecule has 1 nitrogen and oxygen atoms in total.